The molecule has 0 atom stereocenters. The van der Waals surface area contributed by atoms with Crippen molar-refractivity contribution in [1.29, 1.82) is 0 Å². The summed E-state index contributed by atoms with van der Waals surface area (Å²) in [4.78, 5) is 0. The summed E-state index contributed by atoms with van der Waals surface area (Å²) in [7, 11) is 0. The van der Waals surface area contributed by atoms with Crippen LogP contribution in [0.5, 0.6) is 0 Å². The quantitative estimate of drug-likeness (QED) is 0.674. The van der Waals surface area contributed by atoms with Crippen LogP contribution in [0, 0.1) is 0 Å². The van der Waals surface area contributed by atoms with Gasteiger partial charge in [0.1, 0.15) is 0 Å². The summed E-state index contributed by atoms with van der Waals surface area (Å²) in [6.07, 6.45) is 1.25. The number of hydrogen-bond donors (Lipinski definition) is 0. The molecule has 0 aromatic carbocycles. The van der Waals surface area contributed by atoms with E-state index in [0.717, 1.165) is 0 Å². The van der Waals surface area contributed by atoms with Crippen molar-refractivity contribution in [2.24, 2.45) is 0 Å². The summed E-state index contributed by atoms with van der Waals surface area (Å²) >= 11 is 2.16. The van der Waals surface area contributed by atoms with Crippen LogP contribution in [-0.4, -0.2) is 35.1 Å². The molecule has 0 saturated carbocycles. The van der Waals surface area contributed by atoms with Gasteiger partial charge in [0, 0.05) is 0 Å². The molecule has 1 radical (unpaired) electrons. The number of hydrogen-bond acceptors (Lipinski definition) is 0. The third-order valence-electron chi connectivity index (χ3n) is 1.30. The van der Waals surface area contributed by atoms with E-state index in [4.69, 9.17) is 0 Å². The van der Waals surface area contributed by atoms with Gasteiger partial charge in [-0.1, -0.05) is 0 Å². The summed E-state index contributed by atoms with van der Waals surface area (Å²) < 4.78 is 1.72. The van der Waals surface area contributed by atoms with Crippen LogP contribution in [0.1, 0.15) is 27.2 Å². The van der Waals surface area contributed by atoms with Crippen molar-refractivity contribution in [3.8, 4) is 0 Å². The van der Waals surface area contributed by atoms with Gasteiger partial charge in [0.25, 0.3) is 0 Å². The first-order chi connectivity index (χ1) is 3.72. The molecule has 0 spiro atoms. The summed E-state index contributed by atoms with van der Waals surface area (Å²) in [6.45, 7) is 6.77. The van der Waals surface area contributed by atoms with Crippen molar-refractivity contribution < 1.29 is 0 Å². The van der Waals surface area contributed by atoms with Crippen molar-refractivity contribution in [2.75, 3.05) is 0 Å². The Hall–Kier alpha value is 1.38. The first-order valence-electron chi connectivity index (χ1n) is 2.73. The summed E-state index contributed by atoms with van der Waals surface area (Å²) in [5.74, 6) is 0. The average Bonchev–Trinajstić information content (AvgIpc) is 1.84. The van der Waals surface area contributed by atoms with Crippen LogP contribution in [0.2, 0.25) is 0 Å². The van der Waals surface area contributed by atoms with Crippen molar-refractivity contribution >= 4 is 35.1 Å². The molecule has 0 aliphatic carbocycles. The Morgan fingerprint density at radius 3 is 2.12 bits per heavy atom. The van der Waals surface area contributed by atoms with Crippen LogP contribution in [0.15, 0.2) is 9.09 Å². The summed E-state index contributed by atoms with van der Waals surface area (Å²) in [6, 6.07) is 0. The Balaban J connectivity index is 4.03. The third kappa shape index (κ3) is 3.41. The van der Waals surface area contributed by atoms with Gasteiger partial charge in [0.15, 0.2) is 0 Å². The van der Waals surface area contributed by atoms with E-state index in [9.17, 15) is 0 Å². The molecule has 0 aliphatic rings. The second-order valence-corrected chi connectivity index (χ2v) is 8.13. The molecule has 0 bridgehead atoms. The molecule has 0 aromatic heterocycles. The van der Waals surface area contributed by atoms with Crippen LogP contribution in [0.4, 0.5) is 0 Å². The predicted octanol–water partition coefficient (Wildman–Crippen LogP) is 1.48. The molecule has 0 nitrogen and oxygen atoms in total. The van der Waals surface area contributed by atoms with Gasteiger partial charge in [-0.05, 0) is 0 Å². The molecule has 8 heavy (non-hydrogen) atoms. The van der Waals surface area contributed by atoms with E-state index in [1.807, 2.05) is 18.2 Å². The molecule has 2 heteroatoms. The summed E-state index contributed by atoms with van der Waals surface area (Å²) in [5.41, 5.74) is 1.63. The zero-order valence-electron chi connectivity index (χ0n) is 5.60. The number of rotatable bonds is 2. The molecule has 0 amide bonds. The second kappa shape index (κ2) is 5.18. The minimum absolute atomic E-state index is 0.126. The first kappa shape index (κ1) is 9.38. The second-order valence-electron chi connectivity index (χ2n) is 1.82. The van der Waals surface area contributed by atoms with Crippen LogP contribution < -0.4 is 0 Å². The molecular weight excluding hydrogens is 316 g/mol. The van der Waals surface area contributed by atoms with Crippen LogP contribution >= 0.6 is 0 Å². The number of allylic oxidation sites excluding steroid dienone is 2. The standard InChI is InChI=1S/C6H11.2Sb/c1-4-6(3)5-2;;/h4H2,1-3H3;;. The Bertz CT molecular complexity index is 114. The van der Waals surface area contributed by atoms with Crippen LogP contribution in [0.25, 0.3) is 0 Å². The molecule has 0 N–H and O–H groups in total. The van der Waals surface area contributed by atoms with Gasteiger partial charge in [0.2, 0.25) is 0 Å². The van der Waals surface area contributed by atoms with Crippen molar-refractivity contribution in [1.82, 2.24) is 0 Å². The Morgan fingerprint density at radius 1 is 1.50 bits per heavy atom. The van der Waals surface area contributed by atoms with Crippen molar-refractivity contribution in [2.45, 2.75) is 27.2 Å². The Kier molecular flexibility index (Phi) is 6.08. The van der Waals surface area contributed by atoms with Gasteiger partial charge < -0.3 is 0 Å². The Labute approximate surface area is 70.7 Å². The van der Waals surface area contributed by atoms with E-state index in [1.165, 1.54) is 6.42 Å². The molecule has 0 aliphatic heterocycles. The first-order valence-corrected chi connectivity index (χ1v) is 12.8. The normalized spacial score (nSPS) is 12.9. The van der Waals surface area contributed by atoms with E-state index in [0.29, 0.717) is 0 Å². The van der Waals surface area contributed by atoms with Crippen LogP contribution in [0.3, 0.4) is 0 Å². The van der Waals surface area contributed by atoms with Gasteiger partial charge in [-0.3, -0.25) is 0 Å². The zero-order chi connectivity index (χ0) is 6.57. The SMILES string of the molecule is CCC(C)=[C](C)[Sb]=[Sb]. The molecule has 0 saturated heterocycles. The van der Waals surface area contributed by atoms with Gasteiger partial charge >= 0.3 is 71.4 Å². The topological polar surface area (TPSA) is 0 Å². The van der Waals surface area contributed by atoms with E-state index in [1.54, 1.807) is 9.09 Å². The average molecular weight is 327 g/mol. The molecule has 45 valence electrons. The maximum absolute atomic E-state index is 2.29. The van der Waals surface area contributed by atoms with E-state index in [-0.39, 0.29) is 16.8 Å². The van der Waals surface area contributed by atoms with Crippen LogP contribution in [-0.2, 0) is 0 Å². The fourth-order valence-corrected chi connectivity index (χ4v) is 4.55. The predicted molar refractivity (Wildman–Crippen MR) is 40.2 cm³/mol. The van der Waals surface area contributed by atoms with Gasteiger partial charge in [-0.15, -0.1) is 0 Å². The summed E-state index contributed by atoms with van der Waals surface area (Å²) in [5, 5.41) is 0. The van der Waals surface area contributed by atoms with E-state index >= 15 is 0 Å². The molecule has 0 aromatic rings. The fourth-order valence-electron chi connectivity index (χ4n) is 0.341. The maximum atomic E-state index is 2.29. The van der Waals surface area contributed by atoms with E-state index < -0.39 is 0 Å². The zero-order valence-corrected chi connectivity index (χ0v) is 10.7. The van der Waals surface area contributed by atoms with E-state index in [2.05, 4.69) is 20.8 Å². The minimum atomic E-state index is 0.126. The van der Waals surface area contributed by atoms with Gasteiger partial charge in [-0.2, -0.15) is 0 Å². The Morgan fingerprint density at radius 2 is 2.00 bits per heavy atom. The monoisotopic (exact) mass is 325 g/mol. The van der Waals surface area contributed by atoms with Crippen molar-refractivity contribution in [3.05, 3.63) is 9.09 Å². The fraction of sp³-hybridized carbons (Fsp3) is 0.667. The molecule has 0 unspecified atom stereocenters. The molecule has 0 rings (SSSR count). The van der Waals surface area contributed by atoms with Gasteiger partial charge in [0.05, 0.1) is 0 Å². The van der Waals surface area contributed by atoms with Crippen molar-refractivity contribution in [3.63, 3.8) is 0 Å². The molecule has 0 fully saturated rings. The van der Waals surface area contributed by atoms with Gasteiger partial charge in [-0.25, -0.2) is 0 Å². The molecule has 0 heterocycles. The third-order valence-corrected chi connectivity index (χ3v) is 8.99. The molecular formula is C6H11Sb2.